The van der Waals surface area contributed by atoms with Gasteiger partial charge in [0.25, 0.3) is 0 Å². The van der Waals surface area contributed by atoms with Crippen LogP contribution in [0.4, 0.5) is 0 Å². The van der Waals surface area contributed by atoms with Crippen LogP contribution in [0.5, 0.6) is 0 Å². The van der Waals surface area contributed by atoms with Gasteiger partial charge in [-0.3, -0.25) is 0 Å². The predicted molar refractivity (Wildman–Crippen MR) is 108 cm³/mol. The molecule has 0 spiro atoms. The molecule has 0 aliphatic heterocycles. The van der Waals surface area contributed by atoms with Crippen LogP contribution >= 0.6 is 11.3 Å². The van der Waals surface area contributed by atoms with Crippen molar-refractivity contribution in [3.63, 3.8) is 0 Å². The topological polar surface area (TPSA) is 42.3 Å². The zero-order valence-electron chi connectivity index (χ0n) is 14.7. The van der Waals surface area contributed by atoms with Gasteiger partial charge in [-0.05, 0) is 48.4 Å². The van der Waals surface area contributed by atoms with E-state index in [1.54, 1.807) is 29.7 Å². The van der Waals surface area contributed by atoms with Crippen LogP contribution in [0.2, 0.25) is 0 Å². The van der Waals surface area contributed by atoms with E-state index in [0.717, 1.165) is 34.1 Å². The molecule has 2 aromatic heterocycles. The molecule has 0 atom stereocenters. The summed E-state index contributed by atoms with van der Waals surface area (Å²) in [5, 5.41) is 4.73. The van der Waals surface area contributed by atoms with Crippen LogP contribution in [0, 0.1) is 0 Å². The molecule has 0 radical (unpaired) electrons. The molecule has 0 unspecified atom stereocenters. The number of hydrogen-bond donors (Lipinski definition) is 0. The number of hydrogen-bond acceptors (Lipinski definition) is 4. The maximum atomic E-state index is 13.3. The lowest BCUT2D eigenvalue weighted by Gasteiger charge is -2.10. The molecule has 2 heterocycles. The van der Waals surface area contributed by atoms with Crippen LogP contribution in [-0.2, 0) is 16.4 Å². The number of benzene rings is 2. The van der Waals surface area contributed by atoms with E-state index in [0.29, 0.717) is 9.79 Å². The highest BCUT2D eigenvalue weighted by atomic mass is 32.2. The van der Waals surface area contributed by atoms with Crippen LogP contribution < -0.4 is 0 Å². The van der Waals surface area contributed by atoms with Crippen LogP contribution in [0.3, 0.4) is 0 Å². The van der Waals surface area contributed by atoms with Crippen molar-refractivity contribution >= 4 is 42.2 Å². The maximum Gasteiger partial charge on any atom is 0.208 e. The predicted octanol–water partition coefficient (Wildman–Crippen LogP) is 4.25. The highest BCUT2D eigenvalue weighted by molar-refractivity contribution is 7.91. The van der Waals surface area contributed by atoms with Crippen molar-refractivity contribution in [1.82, 2.24) is 9.47 Å². The molecule has 0 aliphatic carbocycles. The van der Waals surface area contributed by atoms with Crippen molar-refractivity contribution in [3.8, 4) is 0 Å². The van der Waals surface area contributed by atoms with E-state index in [2.05, 4.69) is 4.90 Å². The Morgan fingerprint density at radius 1 is 1.04 bits per heavy atom. The lowest BCUT2D eigenvalue weighted by atomic mass is 10.1. The minimum absolute atomic E-state index is 0.342. The average molecular weight is 385 g/mol. The third kappa shape index (κ3) is 2.94. The zero-order chi connectivity index (χ0) is 18.3. The summed E-state index contributed by atoms with van der Waals surface area (Å²) < 4.78 is 28.7. The number of thiophene rings is 1. The third-order valence-corrected chi connectivity index (χ3v) is 7.28. The molecule has 4 aromatic rings. The van der Waals surface area contributed by atoms with Gasteiger partial charge in [-0.1, -0.05) is 30.3 Å². The second kappa shape index (κ2) is 6.54. The van der Waals surface area contributed by atoms with Gasteiger partial charge in [0.15, 0.2) is 0 Å². The van der Waals surface area contributed by atoms with E-state index in [-0.39, 0.29) is 0 Å². The first-order chi connectivity index (χ1) is 12.5. The van der Waals surface area contributed by atoms with Crippen molar-refractivity contribution in [2.24, 2.45) is 0 Å². The highest BCUT2D eigenvalue weighted by Gasteiger charge is 2.24. The number of rotatable bonds is 5. The molecule has 4 nitrogen and oxygen atoms in total. The Hall–Kier alpha value is -2.15. The second-order valence-corrected chi connectivity index (χ2v) is 9.45. The summed E-state index contributed by atoms with van der Waals surface area (Å²) >= 11 is 1.58. The van der Waals surface area contributed by atoms with E-state index >= 15 is 0 Å². The summed E-state index contributed by atoms with van der Waals surface area (Å²) in [5.74, 6) is 0. The normalized spacial score (nSPS) is 12.4. The van der Waals surface area contributed by atoms with Crippen LogP contribution in [0.25, 0.3) is 21.0 Å². The minimum Gasteiger partial charge on any atom is -0.337 e. The third-order valence-electron chi connectivity index (χ3n) is 4.55. The summed E-state index contributed by atoms with van der Waals surface area (Å²) in [5.41, 5.74) is 0. The molecule has 6 heteroatoms. The van der Waals surface area contributed by atoms with E-state index < -0.39 is 9.84 Å². The first kappa shape index (κ1) is 17.3. The quantitative estimate of drug-likeness (QED) is 0.517. The van der Waals surface area contributed by atoms with Crippen molar-refractivity contribution in [2.75, 3.05) is 20.6 Å². The van der Waals surface area contributed by atoms with Gasteiger partial charge < -0.3 is 9.47 Å². The fourth-order valence-corrected chi connectivity index (χ4v) is 5.62. The average Bonchev–Trinajstić information content (AvgIpc) is 3.22. The fraction of sp³-hybridized carbons (Fsp3) is 0.200. The largest absolute Gasteiger partial charge is 0.337 e. The Kier molecular flexibility index (Phi) is 4.34. The van der Waals surface area contributed by atoms with Crippen molar-refractivity contribution in [3.05, 3.63) is 60.1 Å². The van der Waals surface area contributed by atoms with E-state index in [1.807, 2.05) is 60.4 Å². The van der Waals surface area contributed by atoms with Crippen LogP contribution in [0.15, 0.2) is 69.9 Å². The van der Waals surface area contributed by atoms with E-state index in [9.17, 15) is 8.42 Å². The van der Waals surface area contributed by atoms with Crippen LogP contribution in [0.1, 0.15) is 0 Å². The molecular weight excluding hydrogens is 364 g/mol. The zero-order valence-corrected chi connectivity index (χ0v) is 16.3. The summed E-state index contributed by atoms with van der Waals surface area (Å²) in [7, 11) is 0.459. The Bertz CT molecular complexity index is 1190. The molecule has 0 saturated carbocycles. The van der Waals surface area contributed by atoms with Gasteiger partial charge in [0.2, 0.25) is 9.84 Å². The second-order valence-electron chi connectivity index (χ2n) is 6.64. The van der Waals surface area contributed by atoms with Gasteiger partial charge in [0, 0.05) is 24.7 Å². The number of sulfone groups is 1. The fourth-order valence-electron chi connectivity index (χ4n) is 3.13. The Morgan fingerprint density at radius 3 is 2.58 bits per heavy atom. The monoisotopic (exact) mass is 384 g/mol. The number of aromatic nitrogens is 1. The van der Waals surface area contributed by atoms with Gasteiger partial charge in [0.1, 0.15) is 4.83 Å². The first-order valence-corrected chi connectivity index (χ1v) is 10.8. The number of fused-ring (bicyclic) bond motifs is 2. The van der Waals surface area contributed by atoms with Crippen molar-refractivity contribution in [2.45, 2.75) is 16.3 Å². The molecule has 0 saturated heterocycles. The van der Waals surface area contributed by atoms with Gasteiger partial charge in [0.05, 0.1) is 9.79 Å². The van der Waals surface area contributed by atoms with E-state index in [4.69, 9.17) is 0 Å². The SMILES string of the molecule is CN(C)CCn1cc(S(=O)(=O)c2ccc3ccccc3c2)c2ccsc21. The highest BCUT2D eigenvalue weighted by Crippen LogP contribution is 2.34. The van der Waals surface area contributed by atoms with Gasteiger partial charge in [-0.15, -0.1) is 11.3 Å². The lowest BCUT2D eigenvalue weighted by molar-refractivity contribution is 0.387. The summed E-state index contributed by atoms with van der Waals surface area (Å²) in [6, 6.07) is 15.0. The smallest absolute Gasteiger partial charge is 0.208 e. The molecule has 0 N–H and O–H groups in total. The molecular formula is C20H20N2O2S2. The summed E-state index contributed by atoms with van der Waals surface area (Å²) in [6.07, 6.45) is 1.79. The molecule has 0 bridgehead atoms. The molecule has 0 aliphatic rings. The lowest BCUT2D eigenvalue weighted by Crippen LogP contribution is -2.17. The summed E-state index contributed by atoms with van der Waals surface area (Å²) in [6.45, 7) is 1.62. The standard InChI is InChI=1S/C20H20N2O2S2/c1-21(2)10-11-22-14-19(18-9-12-25-20(18)22)26(23,24)17-8-7-15-5-3-4-6-16(15)13-17/h3-9,12-14H,10-11H2,1-2H3. The number of likely N-dealkylation sites (N-methyl/N-ethyl adjacent to an activating group) is 1. The molecule has 26 heavy (non-hydrogen) atoms. The molecule has 0 amide bonds. The molecule has 0 fully saturated rings. The first-order valence-electron chi connectivity index (χ1n) is 8.42. The van der Waals surface area contributed by atoms with E-state index in [1.165, 1.54) is 0 Å². The Morgan fingerprint density at radius 2 is 1.81 bits per heavy atom. The molecule has 4 rings (SSSR count). The number of nitrogens with zero attached hydrogens (tertiary/aromatic N) is 2. The van der Waals surface area contributed by atoms with Gasteiger partial charge in [-0.2, -0.15) is 0 Å². The van der Waals surface area contributed by atoms with Crippen molar-refractivity contribution < 1.29 is 8.42 Å². The van der Waals surface area contributed by atoms with Gasteiger partial charge in [-0.25, -0.2) is 8.42 Å². The maximum absolute atomic E-state index is 13.3. The molecule has 134 valence electrons. The van der Waals surface area contributed by atoms with Gasteiger partial charge >= 0.3 is 0 Å². The Labute approximate surface area is 157 Å². The summed E-state index contributed by atoms with van der Waals surface area (Å²) in [4.78, 5) is 3.83. The molecule has 2 aromatic carbocycles. The van der Waals surface area contributed by atoms with Crippen molar-refractivity contribution in [1.29, 1.82) is 0 Å². The van der Waals surface area contributed by atoms with Crippen LogP contribution in [-0.4, -0.2) is 38.5 Å². The minimum atomic E-state index is -3.57. The Balaban J connectivity index is 1.83.